The summed E-state index contributed by atoms with van der Waals surface area (Å²) in [5.41, 5.74) is 0.967. The summed E-state index contributed by atoms with van der Waals surface area (Å²) in [5, 5.41) is 0.577. The summed E-state index contributed by atoms with van der Waals surface area (Å²) in [4.78, 5) is 13.3. The molecular formula is C14H25ClN4. The van der Waals surface area contributed by atoms with E-state index in [0.29, 0.717) is 5.15 Å². The minimum atomic E-state index is 0.577. The number of nitrogens with zero attached hydrogens (tertiary/aromatic N) is 4. The second kappa shape index (κ2) is 7.65. The number of hydrogen-bond acceptors (Lipinski definition) is 4. The Labute approximate surface area is 121 Å². The van der Waals surface area contributed by atoms with Gasteiger partial charge in [-0.3, -0.25) is 0 Å². The summed E-state index contributed by atoms with van der Waals surface area (Å²) in [6.45, 7) is 6.15. The molecule has 0 saturated heterocycles. The zero-order valence-corrected chi connectivity index (χ0v) is 13.5. The summed E-state index contributed by atoms with van der Waals surface area (Å²) in [6, 6.07) is 0. The van der Waals surface area contributed by atoms with E-state index >= 15 is 0 Å². The molecule has 0 unspecified atom stereocenters. The maximum Gasteiger partial charge on any atom is 0.137 e. The molecule has 0 aromatic carbocycles. The number of anilines is 1. The summed E-state index contributed by atoms with van der Waals surface area (Å²) < 4.78 is 0. The lowest BCUT2D eigenvalue weighted by Gasteiger charge is -2.22. The van der Waals surface area contributed by atoms with Gasteiger partial charge in [-0.15, -0.1) is 0 Å². The molecular weight excluding hydrogens is 260 g/mol. The molecule has 1 heterocycles. The molecule has 108 valence electrons. The molecule has 1 rings (SSSR count). The van der Waals surface area contributed by atoms with Gasteiger partial charge in [-0.2, -0.15) is 0 Å². The first-order chi connectivity index (χ1) is 8.95. The Balaban J connectivity index is 2.79. The van der Waals surface area contributed by atoms with Crippen molar-refractivity contribution in [2.45, 2.75) is 33.1 Å². The number of rotatable bonds is 7. The highest BCUT2D eigenvalue weighted by molar-refractivity contribution is 6.30. The number of halogens is 1. The maximum atomic E-state index is 6.20. The fourth-order valence-electron chi connectivity index (χ4n) is 1.96. The fourth-order valence-corrected chi connectivity index (χ4v) is 2.14. The first-order valence-corrected chi connectivity index (χ1v) is 7.22. The number of aromatic nitrogens is 2. The van der Waals surface area contributed by atoms with Crippen molar-refractivity contribution in [1.82, 2.24) is 14.9 Å². The molecule has 0 aliphatic carbocycles. The number of aryl methyl sites for hydroxylation is 1. The van der Waals surface area contributed by atoms with E-state index in [0.717, 1.165) is 49.6 Å². The average Bonchev–Trinajstić information content (AvgIpc) is 2.33. The summed E-state index contributed by atoms with van der Waals surface area (Å²) in [5.74, 6) is 1.80. The quantitative estimate of drug-likeness (QED) is 0.721. The van der Waals surface area contributed by atoms with Crippen molar-refractivity contribution in [3.8, 4) is 0 Å². The highest BCUT2D eigenvalue weighted by Crippen LogP contribution is 2.23. The van der Waals surface area contributed by atoms with Gasteiger partial charge in [0, 0.05) is 25.6 Å². The Bertz CT molecular complexity index is 407. The Morgan fingerprint density at radius 1 is 1.11 bits per heavy atom. The van der Waals surface area contributed by atoms with Crippen LogP contribution in [0.4, 0.5) is 5.82 Å². The molecule has 0 bridgehead atoms. The van der Waals surface area contributed by atoms with E-state index in [2.05, 4.69) is 47.8 Å². The molecule has 1 aromatic rings. The van der Waals surface area contributed by atoms with Crippen molar-refractivity contribution in [3.05, 3.63) is 16.5 Å². The lowest BCUT2D eigenvalue weighted by atomic mass is 10.2. The van der Waals surface area contributed by atoms with Crippen molar-refractivity contribution >= 4 is 17.4 Å². The standard InChI is InChI=1S/C14H25ClN4/c1-6-8-12-16-13(15)11(2)14(17-12)19(5)10-7-9-18(3)4/h6-10H2,1-5H3. The zero-order valence-electron chi connectivity index (χ0n) is 12.7. The van der Waals surface area contributed by atoms with Gasteiger partial charge in [0.2, 0.25) is 0 Å². The SMILES string of the molecule is CCCc1nc(Cl)c(C)c(N(C)CCCN(C)C)n1. The molecule has 0 spiro atoms. The molecule has 0 atom stereocenters. The first-order valence-electron chi connectivity index (χ1n) is 6.84. The number of hydrogen-bond donors (Lipinski definition) is 0. The Morgan fingerprint density at radius 3 is 2.37 bits per heavy atom. The van der Waals surface area contributed by atoms with Crippen molar-refractivity contribution in [1.29, 1.82) is 0 Å². The van der Waals surface area contributed by atoms with Gasteiger partial charge >= 0.3 is 0 Å². The topological polar surface area (TPSA) is 32.3 Å². The molecule has 0 fully saturated rings. The van der Waals surface area contributed by atoms with E-state index in [-0.39, 0.29) is 0 Å². The largest absolute Gasteiger partial charge is 0.359 e. The smallest absolute Gasteiger partial charge is 0.137 e. The third kappa shape index (κ3) is 4.96. The predicted octanol–water partition coefficient (Wildman–Crippen LogP) is 2.78. The highest BCUT2D eigenvalue weighted by Gasteiger charge is 2.12. The van der Waals surface area contributed by atoms with Gasteiger partial charge < -0.3 is 9.80 Å². The molecule has 0 saturated carbocycles. The summed E-state index contributed by atoms with van der Waals surface area (Å²) in [6.07, 6.45) is 3.01. The molecule has 5 heteroatoms. The second-order valence-electron chi connectivity index (χ2n) is 5.21. The third-order valence-corrected chi connectivity index (χ3v) is 3.41. The van der Waals surface area contributed by atoms with Crippen molar-refractivity contribution in [2.75, 3.05) is 39.1 Å². The fraction of sp³-hybridized carbons (Fsp3) is 0.714. The lowest BCUT2D eigenvalue weighted by molar-refractivity contribution is 0.401. The van der Waals surface area contributed by atoms with Crippen LogP contribution in [0.15, 0.2) is 0 Å². The average molecular weight is 285 g/mol. The van der Waals surface area contributed by atoms with Crippen LogP contribution in [0.5, 0.6) is 0 Å². The van der Waals surface area contributed by atoms with Crippen LogP contribution in [-0.4, -0.2) is 49.1 Å². The van der Waals surface area contributed by atoms with E-state index < -0.39 is 0 Å². The van der Waals surface area contributed by atoms with Crippen LogP contribution in [0.1, 0.15) is 31.2 Å². The maximum absolute atomic E-state index is 6.20. The van der Waals surface area contributed by atoms with E-state index in [9.17, 15) is 0 Å². The van der Waals surface area contributed by atoms with E-state index in [1.54, 1.807) is 0 Å². The Morgan fingerprint density at radius 2 is 1.79 bits per heavy atom. The van der Waals surface area contributed by atoms with Crippen LogP contribution in [0, 0.1) is 6.92 Å². The predicted molar refractivity (Wildman–Crippen MR) is 82.2 cm³/mol. The van der Waals surface area contributed by atoms with Gasteiger partial charge in [0.15, 0.2) is 0 Å². The van der Waals surface area contributed by atoms with E-state index in [4.69, 9.17) is 11.6 Å². The Hall–Kier alpha value is -0.870. The highest BCUT2D eigenvalue weighted by atomic mass is 35.5. The van der Waals surface area contributed by atoms with Gasteiger partial charge in [-0.05, 0) is 40.4 Å². The summed E-state index contributed by atoms with van der Waals surface area (Å²) in [7, 11) is 6.25. The van der Waals surface area contributed by atoms with Gasteiger partial charge in [0.1, 0.15) is 16.8 Å². The second-order valence-corrected chi connectivity index (χ2v) is 5.57. The molecule has 19 heavy (non-hydrogen) atoms. The molecule has 0 N–H and O–H groups in total. The monoisotopic (exact) mass is 284 g/mol. The molecule has 0 aliphatic rings. The summed E-state index contributed by atoms with van der Waals surface area (Å²) >= 11 is 6.20. The van der Waals surface area contributed by atoms with Gasteiger partial charge in [0.05, 0.1) is 0 Å². The zero-order chi connectivity index (χ0) is 14.4. The molecule has 0 radical (unpaired) electrons. The minimum Gasteiger partial charge on any atom is -0.359 e. The van der Waals surface area contributed by atoms with Crippen molar-refractivity contribution < 1.29 is 0 Å². The van der Waals surface area contributed by atoms with Gasteiger partial charge in [-0.25, -0.2) is 9.97 Å². The van der Waals surface area contributed by atoms with Crippen LogP contribution in [0.25, 0.3) is 0 Å². The molecule has 1 aromatic heterocycles. The molecule has 0 aliphatic heterocycles. The van der Waals surface area contributed by atoms with Crippen LogP contribution in [0.2, 0.25) is 5.15 Å². The van der Waals surface area contributed by atoms with Crippen molar-refractivity contribution in [3.63, 3.8) is 0 Å². The Kier molecular flexibility index (Phi) is 6.52. The van der Waals surface area contributed by atoms with Gasteiger partial charge in [0.25, 0.3) is 0 Å². The lowest BCUT2D eigenvalue weighted by Crippen LogP contribution is -2.25. The van der Waals surface area contributed by atoms with Crippen LogP contribution < -0.4 is 4.90 Å². The van der Waals surface area contributed by atoms with Crippen LogP contribution in [0.3, 0.4) is 0 Å². The molecule has 0 amide bonds. The van der Waals surface area contributed by atoms with Crippen molar-refractivity contribution in [2.24, 2.45) is 0 Å². The van der Waals surface area contributed by atoms with Crippen LogP contribution in [-0.2, 0) is 6.42 Å². The third-order valence-electron chi connectivity index (χ3n) is 3.04. The normalized spacial score (nSPS) is 11.1. The molecule has 4 nitrogen and oxygen atoms in total. The van der Waals surface area contributed by atoms with E-state index in [1.165, 1.54) is 0 Å². The van der Waals surface area contributed by atoms with Crippen LogP contribution >= 0.6 is 11.6 Å². The van der Waals surface area contributed by atoms with E-state index in [1.807, 2.05) is 6.92 Å². The van der Waals surface area contributed by atoms with Gasteiger partial charge in [-0.1, -0.05) is 18.5 Å². The minimum absolute atomic E-state index is 0.577. The first kappa shape index (κ1) is 16.2.